The molecule has 0 saturated carbocycles. The molecule has 0 heterocycles. The highest BCUT2D eigenvalue weighted by atomic mass is 16.6. The zero-order valence-electron chi connectivity index (χ0n) is 15.1. The zero-order valence-corrected chi connectivity index (χ0v) is 15.1. The molecule has 2 aromatic carbocycles. The van der Waals surface area contributed by atoms with Crippen LogP contribution < -0.4 is 4.74 Å². The minimum absolute atomic E-state index is 0.0691. The van der Waals surface area contributed by atoms with Crippen molar-refractivity contribution in [1.82, 2.24) is 0 Å². The normalized spacial score (nSPS) is 10.8. The van der Waals surface area contributed by atoms with Crippen LogP contribution >= 0.6 is 0 Å². The van der Waals surface area contributed by atoms with Crippen LogP contribution in [-0.2, 0) is 31.1 Å². The van der Waals surface area contributed by atoms with Gasteiger partial charge in [-0.25, -0.2) is 0 Å². The number of nitro groups is 1. The Labute approximate surface area is 155 Å². The molecule has 0 aliphatic heterocycles. The number of esters is 2. The number of methoxy groups -OCH3 is 2. The number of hydrogen-bond donors (Lipinski definition) is 0. The minimum atomic E-state index is -1.79. The molecule has 0 aliphatic rings. The largest absolute Gasteiger partial charge is 0.482 e. The Morgan fingerprint density at radius 2 is 1.63 bits per heavy atom. The number of nitrogens with zero attached hydrogens (tertiary/aromatic N) is 1. The number of carbonyl (C=O) groups is 2. The molecule has 0 aromatic heterocycles. The minimum Gasteiger partial charge on any atom is -0.482 e. The Kier molecular flexibility index (Phi) is 6.12. The van der Waals surface area contributed by atoms with E-state index in [1.807, 2.05) is 30.3 Å². The van der Waals surface area contributed by atoms with Crippen molar-refractivity contribution >= 4 is 17.6 Å². The first kappa shape index (κ1) is 19.9. The van der Waals surface area contributed by atoms with E-state index >= 15 is 0 Å². The van der Waals surface area contributed by atoms with Crippen molar-refractivity contribution in [3.63, 3.8) is 0 Å². The summed E-state index contributed by atoms with van der Waals surface area (Å²) in [5.74, 6) is -1.77. The molecule has 0 aliphatic carbocycles. The first-order chi connectivity index (χ1) is 12.8. The lowest BCUT2D eigenvalue weighted by Gasteiger charge is -2.24. The topological polar surface area (TPSA) is 105 Å². The third kappa shape index (κ3) is 4.05. The molecule has 0 fully saturated rings. The van der Waals surface area contributed by atoms with E-state index in [0.29, 0.717) is 0 Å². The highest BCUT2D eigenvalue weighted by molar-refractivity contribution is 6.06. The molecule has 0 bridgehead atoms. The molecule has 142 valence electrons. The van der Waals surface area contributed by atoms with Gasteiger partial charge in [-0.15, -0.1) is 0 Å². The molecule has 27 heavy (non-hydrogen) atoms. The number of rotatable bonds is 7. The molecule has 0 amide bonds. The van der Waals surface area contributed by atoms with Crippen LogP contribution in [0.2, 0.25) is 0 Å². The summed E-state index contributed by atoms with van der Waals surface area (Å²) in [7, 11) is 2.28. The molecule has 0 saturated heterocycles. The molecule has 0 unspecified atom stereocenters. The Hall–Kier alpha value is -3.42. The van der Waals surface area contributed by atoms with Crippen LogP contribution in [0.4, 0.5) is 5.69 Å². The fraction of sp³-hybridized carbons (Fsp3) is 0.263. The van der Waals surface area contributed by atoms with Crippen LogP contribution in [0.1, 0.15) is 18.1 Å². The van der Waals surface area contributed by atoms with Gasteiger partial charge in [0.25, 0.3) is 0 Å². The second-order valence-corrected chi connectivity index (χ2v) is 5.82. The Balaban J connectivity index is 2.47. The summed E-state index contributed by atoms with van der Waals surface area (Å²) in [6.07, 6.45) is 0. The van der Waals surface area contributed by atoms with Gasteiger partial charge in [0.2, 0.25) is 0 Å². The van der Waals surface area contributed by atoms with Crippen LogP contribution in [0.15, 0.2) is 48.5 Å². The number of carbonyl (C=O) groups excluding carboxylic acids is 2. The predicted molar refractivity (Wildman–Crippen MR) is 95.3 cm³/mol. The molecular formula is C19H19NO7. The molecule has 2 aromatic rings. The summed E-state index contributed by atoms with van der Waals surface area (Å²) in [5.41, 5.74) is -1.11. The zero-order chi connectivity index (χ0) is 20.0. The van der Waals surface area contributed by atoms with Gasteiger partial charge in [-0.1, -0.05) is 36.4 Å². The average Bonchev–Trinajstić information content (AvgIpc) is 2.70. The van der Waals surface area contributed by atoms with Crippen molar-refractivity contribution in [3.05, 3.63) is 69.8 Å². The van der Waals surface area contributed by atoms with Gasteiger partial charge in [0.1, 0.15) is 6.61 Å². The summed E-state index contributed by atoms with van der Waals surface area (Å²) >= 11 is 0. The number of benzene rings is 2. The van der Waals surface area contributed by atoms with E-state index < -0.39 is 22.3 Å². The summed E-state index contributed by atoms with van der Waals surface area (Å²) in [5, 5.41) is 11.3. The van der Waals surface area contributed by atoms with Crippen molar-refractivity contribution in [3.8, 4) is 5.75 Å². The predicted octanol–water partition coefficient (Wildman–Crippen LogP) is 2.78. The lowest BCUT2D eigenvalue weighted by atomic mass is 9.82. The molecule has 0 N–H and O–H groups in total. The summed E-state index contributed by atoms with van der Waals surface area (Å²) in [6, 6.07) is 12.9. The highest BCUT2D eigenvalue weighted by Crippen LogP contribution is 2.35. The fourth-order valence-electron chi connectivity index (χ4n) is 2.55. The van der Waals surface area contributed by atoms with Crippen molar-refractivity contribution in [2.75, 3.05) is 14.2 Å². The van der Waals surface area contributed by atoms with Crippen LogP contribution in [0.25, 0.3) is 0 Å². The monoisotopic (exact) mass is 373 g/mol. The van der Waals surface area contributed by atoms with Crippen molar-refractivity contribution in [2.24, 2.45) is 0 Å². The van der Waals surface area contributed by atoms with Gasteiger partial charge in [0, 0.05) is 6.07 Å². The highest BCUT2D eigenvalue weighted by Gasteiger charge is 2.46. The second kappa shape index (κ2) is 8.31. The van der Waals surface area contributed by atoms with Gasteiger partial charge in [-0.05, 0) is 24.1 Å². The number of ether oxygens (including phenoxy) is 3. The maximum Gasteiger partial charge on any atom is 0.327 e. The average molecular weight is 373 g/mol. The molecule has 0 atom stereocenters. The standard InChI is InChI=1S/C19H19NO7/c1-19(17(21)25-2,18(22)26-3)14-9-10-15(20(23)24)16(11-14)27-12-13-7-5-4-6-8-13/h4-11H,12H2,1-3H3. The lowest BCUT2D eigenvalue weighted by Crippen LogP contribution is -2.42. The molecule has 2 rings (SSSR count). The van der Waals surface area contributed by atoms with Crippen molar-refractivity contribution in [2.45, 2.75) is 18.9 Å². The van der Waals surface area contributed by atoms with Gasteiger partial charge < -0.3 is 14.2 Å². The maximum atomic E-state index is 12.2. The van der Waals surface area contributed by atoms with E-state index in [4.69, 9.17) is 14.2 Å². The maximum absolute atomic E-state index is 12.2. The third-order valence-electron chi connectivity index (χ3n) is 4.16. The first-order valence-electron chi connectivity index (χ1n) is 7.97. The van der Waals surface area contributed by atoms with Crippen LogP contribution in [0, 0.1) is 10.1 Å². The summed E-state index contributed by atoms with van der Waals surface area (Å²) in [6.45, 7) is 1.41. The smallest absolute Gasteiger partial charge is 0.327 e. The van der Waals surface area contributed by atoms with Crippen molar-refractivity contribution < 1.29 is 28.7 Å². The van der Waals surface area contributed by atoms with Gasteiger partial charge >= 0.3 is 17.6 Å². The quantitative estimate of drug-likeness (QED) is 0.318. The van der Waals surface area contributed by atoms with Gasteiger partial charge in [-0.3, -0.25) is 19.7 Å². The molecule has 0 radical (unpaired) electrons. The Morgan fingerprint density at radius 3 is 2.15 bits per heavy atom. The van der Waals surface area contributed by atoms with Gasteiger partial charge in [-0.2, -0.15) is 0 Å². The van der Waals surface area contributed by atoms with Gasteiger partial charge in [0.05, 0.1) is 19.1 Å². The van der Waals surface area contributed by atoms with Gasteiger partial charge in [0.15, 0.2) is 11.2 Å². The van der Waals surface area contributed by atoms with Crippen LogP contribution in [0.5, 0.6) is 5.75 Å². The van der Waals surface area contributed by atoms with E-state index in [0.717, 1.165) is 19.8 Å². The van der Waals surface area contributed by atoms with E-state index in [1.54, 1.807) is 0 Å². The second-order valence-electron chi connectivity index (χ2n) is 5.82. The fourth-order valence-corrected chi connectivity index (χ4v) is 2.55. The summed E-state index contributed by atoms with van der Waals surface area (Å²) < 4.78 is 15.1. The number of hydrogen-bond acceptors (Lipinski definition) is 7. The van der Waals surface area contributed by atoms with E-state index in [2.05, 4.69) is 0 Å². The first-order valence-corrected chi connectivity index (χ1v) is 7.97. The van der Waals surface area contributed by atoms with E-state index in [9.17, 15) is 19.7 Å². The molecule has 8 nitrogen and oxygen atoms in total. The van der Waals surface area contributed by atoms with Crippen LogP contribution in [-0.4, -0.2) is 31.1 Å². The molecule has 0 spiro atoms. The lowest BCUT2D eigenvalue weighted by molar-refractivity contribution is -0.386. The molecule has 8 heteroatoms. The molecular weight excluding hydrogens is 354 g/mol. The van der Waals surface area contributed by atoms with E-state index in [-0.39, 0.29) is 23.6 Å². The third-order valence-corrected chi connectivity index (χ3v) is 4.16. The number of nitro benzene ring substituents is 1. The Morgan fingerprint density at radius 1 is 1.04 bits per heavy atom. The van der Waals surface area contributed by atoms with E-state index in [1.165, 1.54) is 25.1 Å². The van der Waals surface area contributed by atoms with Crippen molar-refractivity contribution in [1.29, 1.82) is 0 Å². The van der Waals surface area contributed by atoms with Crippen LogP contribution in [0.3, 0.4) is 0 Å². The SMILES string of the molecule is COC(=O)C(C)(C(=O)OC)c1ccc([N+](=O)[O-])c(OCc2ccccc2)c1. The Bertz CT molecular complexity index is 832. The summed E-state index contributed by atoms with van der Waals surface area (Å²) in [4.78, 5) is 35.2.